The lowest BCUT2D eigenvalue weighted by atomic mass is 9.91. The van der Waals surface area contributed by atoms with E-state index < -0.39 is 0 Å². The Morgan fingerprint density at radius 3 is 2.41 bits per heavy atom. The Morgan fingerprint density at radius 2 is 1.94 bits per heavy atom. The minimum Gasteiger partial charge on any atom is -0.326 e. The highest BCUT2D eigenvalue weighted by molar-refractivity contribution is 9.11. The van der Waals surface area contributed by atoms with E-state index >= 15 is 0 Å². The van der Waals surface area contributed by atoms with Crippen LogP contribution in [-0.4, -0.2) is 18.6 Å². The molecule has 0 radical (unpaired) electrons. The molecule has 0 aliphatic carbocycles. The van der Waals surface area contributed by atoms with Crippen molar-refractivity contribution in [2.75, 3.05) is 13.1 Å². The van der Waals surface area contributed by atoms with Gasteiger partial charge in [-0.1, -0.05) is 13.8 Å². The Hall–Kier alpha value is 0.1000. The largest absolute Gasteiger partial charge is 0.326 e. The van der Waals surface area contributed by atoms with Gasteiger partial charge in [0.15, 0.2) is 0 Å². The highest BCUT2D eigenvalue weighted by atomic mass is 79.9. The molecule has 3 N–H and O–H groups in total. The van der Waals surface area contributed by atoms with Crippen LogP contribution in [0.15, 0.2) is 15.9 Å². The third-order valence-corrected chi connectivity index (χ3v) is 4.74. The van der Waals surface area contributed by atoms with E-state index in [1.807, 2.05) is 11.3 Å². The van der Waals surface area contributed by atoms with Gasteiger partial charge in [0.2, 0.25) is 0 Å². The zero-order chi connectivity index (χ0) is 13.1. The molecule has 0 aromatic carbocycles. The number of halogens is 1. The molecule has 1 aromatic rings. The van der Waals surface area contributed by atoms with Gasteiger partial charge in [-0.2, -0.15) is 0 Å². The van der Waals surface area contributed by atoms with Gasteiger partial charge in [-0.3, -0.25) is 0 Å². The smallest absolute Gasteiger partial charge is 0.0701 e. The van der Waals surface area contributed by atoms with E-state index in [2.05, 4.69) is 61.1 Å². The molecule has 1 aromatic heterocycles. The molecule has 0 atom stereocenters. The van der Waals surface area contributed by atoms with Gasteiger partial charge in [-0.05, 0) is 54.9 Å². The van der Waals surface area contributed by atoms with Crippen LogP contribution in [0.25, 0.3) is 0 Å². The Bertz CT molecular complexity index is 353. The number of nitrogens with two attached hydrogens (primary N) is 1. The summed E-state index contributed by atoms with van der Waals surface area (Å²) in [4.78, 5) is 1.41. The van der Waals surface area contributed by atoms with Crippen LogP contribution in [-0.2, 0) is 5.41 Å². The molecule has 1 rings (SSSR count). The van der Waals surface area contributed by atoms with Crippen molar-refractivity contribution in [3.8, 4) is 0 Å². The molecule has 0 aliphatic rings. The lowest BCUT2D eigenvalue weighted by molar-refractivity contribution is 0.421. The van der Waals surface area contributed by atoms with Gasteiger partial charge in [0, 0.05) is 22.4 Å². The first-order valence-corrected chi connectivity index (χ1v) is 7.57. The highest BCUT2D eigenvalue weighted by Crippen LogP contribution is 2.32. The fourth-order valence-electron chi connectivity index (χ4n) is 1.58. The summed E-state index contributed by atoms with van der Waals surface area (Å²) in [5.74, 6) is 0. The van der Waals surface area contributed by atoms with Gasteiger partial charge in [0.1, 0.15) is 0 Å². The summed E-state index contributed by atoms with van der Waals surface area (Å²) in [7, 11) is 0. The maximum absolute atomic E-state index is 5.96. The molecule has 0 saturated carbocycles. The minimum atomic E-state index is -0.0803. The lowest BCUT2D eigenvalue weighted by Crippen LogP contribution is -2.39. The topological polar surface area (TPSA) is 38.0 Å². The number of hydrogen-bond acceptors (Lipinski definition) is 3. The van der Waals surface area contributed by atoms with E-state index in [-0.39, 0.29) is 11.0 Å². The van der Waals surface area contributed by atoms with Gasteiger partial charge in [0.05, 0.1) is 3.79 Å². The molecule has 17 heavy (non-hydrogen) atoms. The summed E-state index contributed by atoms with van der Waals surface area (Å²) < 4.78 is 1.20. The second-order valence-electron chi connectivity index (χ2n) is 5.90. The van der Waals surface area contributed by atoms with Crippen molar-refractivity contribution in [3.05, 3.63) is 20.8 Å². The fourth-order valence-corrected chi connectivity index (χ4v) is 3.06. The first kappa shape index (κ1) is 15.2. The third-order valence-electron chi connectivity index (χ3n) is 2.75. The van der Waals surface area contributed by atoms with Crippen molar-refractivity contribution >= 4 is 27.3 Å². The molecule has 98 valence electrons. The maximum atomic E-state index is 5.96. The summed E-state index contributed by atoms with van der Waals surface area (Å²) in [6.45, 7) is 10.6. The van der Waals surface area contributed by atoms with Gasteiger partial charge in [0.25, 0.3) is 0 Å². The molecule has 2 nitrogen and oxygen atoms in total. The first-order chi connectivity index (χ1) is 7.71. The van der Waals surface area contributed by atoms with Gasteiger partial charge in [-0.25, -0.2) is 0 Å². The Balaban J connectivity index is 2.40. The van der Waals surface area contributed by atoms with Crippen molar-refractivity contribution in [2.24, 2.45) is 5.73 Å². The predicted molar refractivity (Wildman–Crippen MR) is 80.8 cm³/mol. The first-order valence-electron chi connectivity index (χ1n) is 5.96. The van der Waals surface area contributed by atoms with Crippen LogP contribution in [0.4, 0.5) is 0 Å². The molecule has 0 unspecified atom stereocenters. The number of thiophene rings is 1. The van der Waals surface area contributed by atoms with Gasteiger partial charge >= 0.3 is 0 Å². The van der Waals surface area contributed by atoms with Crippen LogP contribution < -0.4 is 11.1 Å². The summed E-state index contributed by atoms with van der Waals surface area (Å²) in [5.41, 5.74) is 6.05. The number of rotatable bonds is 6. The predicted octanol–water partition coefficient (Wildman–Crippen LogP) is 3.51. The minimum absolute atomic E-state index is 0.0803. The molecule has 1 heterocycles. The molecular formula is C13H23BrN2S. The average Bonchev–Trinajstić information content (AvgIpc) is 2.59. The fraction of sp³-hybridized carbons (Fsp3) is 0.692. The lowest BCUT2D eigenvalue weighted by Gasteiger charge is -2.25. The molecule has 0 amide bonds. The van der Waals surface area contributed by atoms with E-state index in [1.54, 1.807) is 0 Å². The van der Waals surface area contributed by atoms with Crippen molar-refractivity contribution in [3.63, 3.8) is 0 Å². The van der Waals surface area contributed by atoms with E-state index in [0.717, 1.165) is 19.5 Å². The SMILES string of the molecule is CC(C)(N)CCNCC(C)(C)c1ccc(Br)s1. The van der Waals surface area contributed by atoms with Gasteiger partial charge < -0.3 is 11.1 Å². The normalized spacial score (nSPS) is 13.1. The highest BCUT2D eigenvalue weighted by Gasteiger charge is 2.22. The van der Waals surface area contributed by atoms with Crippen LogP contribution in [0, 0.1) is 0 Å². The Morgan fingerprint density at radius 1 is 1.29 bits per heavy atom. The Labute approximate surface area is 117 Å². The Kier molecular flexibility index (Phi) is 5.20. The molecule has 0 spiro atoms. The second kappa shape index (κ2) is 5.83. The van der Waals surface area contributed by atoms with Crippen molar-refractivity contribution in [1.29, 1.82) is 0 Å². The van der Waals surface area contributed by atoms with Gasteiger partial charge in [-0.15, -0.1) is 11.3 Å². The summed E-state index contributed by atoms with van der Waals surface area (Å²) in [5, 5.41) is 3.50. The van der Waals surface area contributed by atoms with E-state index in [0.29, 0.717) is 0 Å². The zero-order valence-corrected chi connectivity index (χ0v) is 13.5. The van der Waals surface area contributed by atoms with Crippen LogP contribution in [0.1, 0.15) is 39.0 Å². The summed E-state index contributed by atoms with van der Waals surface area (Å²) in [6.07, 6.45) is 0.997. The molecular weight excluding hydrogens is 296 g/mol. The zero-order valence-electron chi connectivity index (χ0n) is 11.1. The molecule has 0 saturated heterocycles. The maximum Gasteiger partial charge on any atom is 0.0701 e. The second-order valence-corrected chi connectivity index (χ2v) is 8.37. The van der Waals surface area contributed by atoms with Crippen molar-refractivity contribution in [1.82, 2.24) is 5.32 Å². The summed E-state index contributed by atoms with van der Waals surface area (Å²) in [6, 6.07) is 4.31. The molecule has 0 aliphatic heterocycles. The van der Waals surface area contributed by atoms with Crippen molar-refractivity contribution in [2.45, 2.75) is 45.1 Å². The van der Waals surface area contributed by atoms with E-state index in [4.69, 9.17) is 5.73 Å². The quantitative estimate of drug-likeness (QED) is 0.788. The van der Waals surface area contributed by atoms with Crippen LogP contribution in [0.3, 0.4) is 0 Å². The molecule has 0 bridgehead atoms. The summed E-state index contributed by atoms with van der Waals surface area (Å²) >= 11 is 5.32. The van der Waals surface area contributed by atoms with E-state index in [1.165, 1.54) is 8.66 Å². The number of nitrogens with one attached hydrogen (secondary N) is 1. The van der Waals surface area contributed by atoms with E-state index in [9.17, 15) is 0 Å². The monoisotopic (exact) mass is 318 g/mol. The van der Waals surface area contributed by atoms with Crippen LogP contribution in [0.2, 0.25) is 0 Å². The standard InChI is InChI=1S/C13H23BrN2S/c1-12(2,10-5-6-11(14)17-10)9-16-8-7-13(3,4)15/h5-6,16H,7-9,15H2,1-4H3. The third kappa shape index (κ3) is 5.51. The molecule has 4 heteroatoms. The van der Waals surface area contributed by atoms with Crippen LogP contribution >= 0.6 is 27.3 Å². The van der Waals surface area contributed by atoms with Crippen molar-refractivity contribution < 1.29 is 0 Å². The molecule has 0 fully saturated rings. The average molecular weight is 319 g/mol. The number of hydrogen-bond donors (Lipinski definition) is 2. The van der Waals surface area contributed by atoms with Crippen LogP contribution in [0.5, 0.6) is 0 Å².